The van der Waals surface area contributed by atoms with Gasteiger partial charge in [0.05, 0.1) is 19.9 Å². The van der Waals surface area contributed by atoms with E-state index in [4.69, 9.17) is 14.5 Å². The van der Waals surface area contributed by atoms with Gasteiger partial charge in [0.2, 0.25) is 0 Å². The molecule has 0 unspecified atom stereocenters. The normalized spacial score (nSPS) is 10.7. The van der Waals surface area contributed by atoms with Crippen LogP contribution in [0.25, 0.3) is 21.3 Å². The second-order valence-corrected chi connectivity index (χ2v) is 7.60. The Kier molecular flexibility index (Phi) is 5.95. The maximum atomic E-state index is 12.7. The average molecular weight is 419 g/mol. The number of aromatic nitrogens is 1. The van der Waals surface area contributed by atoms with E-state index in [1.165, 1.54) is 0 Å². The van der Waals surface area contributed by atoms with E-state index in [2.05, 4.69) is 5.32 Å². The SMILES string of the molecule is COc1ccc(-c2nc(CCNC(=O)c3cccc4ccccc34)cs2)cc1OC. The Morgan fingerprint density at radius 2 is 1.80 bits per heavy atom. The van der Waals surface area contributed by atoms with Gasteiger partial charge in [-0.2, -0.15) is 0 Å². The minimum atomic E-state index is -0.0675. The fourth-order valence-electron chi connectivity index (χ4n) is 3.35. The first-order valence-electron chi connectivity index (χ1n) is 9.62. The summed E-state index contributed by atoms with van der Waals surface area (Å²) in [5.74, 6) is 1.30. The van der Waals surface area contributed by atoms with Gasteiger partial charge >= 0.3 is 0 Å². The number of hydrogen-bond acceptors (Lipinski definition) is 5. The summed E-state index contributed by atoms with van der Waals surface area (Å²) in [7, 11) is 3.24. The van der Waals surface area contributed by atoms with Gasteiger partial charge < -0.3 is 14.8 Å². The number of carbonyl (C=O) groups is 1. The number of fused-ring (bicyclic) bond motifs is 1. The molecule has 4 rings (SSSR count). The fourth-order valence-corrected chi connectivity index (χ4v) is 4.20. The summed E-state index contributed by atoms with van der Waals surface area (Å²) >= 11 is 1.57. The lowest BCUT2D eigenvalue weighted by Gasteiger charge is -2.08. The minimum absolute atomic E-state index is 0.0675. The summed E-state index contributed by atoms with van der Waals surface area (Å²) in [6.45, 7) is 0.525. The van der Waals surface area contributed by atoms with Crippen LogP contribution in [0, 0.1) is 0 Å². The third-order valence-electron chi connectivity index (χ3n) is 4.88. The molecule has 1 amide bonds. The van der Waals surface area contributed by atoms with Crippen molar-refractivity contribution < 1.29 is 14.3 Å². The number of carbonyl (C=O) groups excluding carboxylic acids is 1. The first-order chi connectivity index (χ1) is 14.7. The van der Waals surface area contributed by atoms with Crippen molar-refractivity contribution in [3.63, 3.8) is 0 Å². The molecule has 0 atom stereocenters. The first-order valence-corrected chi connectivity index (χ1v) is 10.5. The highest BCUT2D eigenvalue weighted by molar-refractivity contribution is 7.13. The molecule has 6 heteroatoms. The molecule has 5 nitrogen and oxygen atoms in total. The summed E-state index contributed by atoms with van der Waals surface area (Å²) in [5, 5.41) is 7.96. The number of ether oxygens (including phenoxy) is 2. The first kappa shape index (κ1) is 19.9. The zero-order valence-corrected chi connectivity index (χ0v) is 17.7. The Morgan fingerprint density at radius 1 is 1.00 bits per heavy atom. The maximum absolute atomic E-state index is 12.7. The van der Waals surface area contributed by atoms with Crippen molar-refractivity contribution in [3.8, 4) is 22.1 Å². The highest BCUT2D eigenvalue weighted by Gasteiger charge is 2.11. The molecule has 30 heavy (non-hydrogen) atoms. The van der Waals surface area contributed by atoms with Crippen molar-refractivity contribution in [3.05, 3.63) is 77.3 Å². The summed E-state index contributed by atoms with van der Waals surface area (Å²) in [6, 6.07) is 19.4. The predicted octanol–water partition coefficient (Wildman–Crippen LogP) is 4.95. The van der Waals surface area contributed by atoms with Crippen molar-refractivity contribution in [1.82, 2.24) is 10.3 Å². The highest BCUT2D eigenvalue weighted by atomic mass is 32.1. The van der Waals surface area contributed by atoms with Gasteiger partial charge in [0.15, 0.2) is 11.5 Å². The van der Waals surface area contributed by atoms with Gasteiger partial charge in [-0.05, 0) is 35.0 Å². The lowest BCUT2D eigenvalue weighted by Crippen LogP contribution is -2.25. The summed E-state index contributed by atoms with van der Waals surface area (Å²) < 4.78 is 10.7. The molecule has 0 aliphatic heterocycles. The van der Waals surface area contributed by atoms with Gasteiger partial charge in [-0.15, -0.1) is 11.3 Å². The van der Waals surface area contributed by atoms with Crippen LogP contribution in [-0.2, 0) is 6.42 Å². The minimum Gasteiger partial charge on any atom is -0.493 e. The number of nitrogens with one attached hydrogen (secondary N) is 1. The lowest BCUT2D eigenvalue weighted by molar-refractivity contribution is 0.0955. The third-order valence-corrected chi connectivity index (χ3v) is 5.82. The standard InChI is InChI=1S/C24H22N2O3S/c1-28-21-11-10-17(14-22(21)29-2)24-26-18(15-30-24)12-13-25-23(27)20-9-5-7-16-6-3-4-8-19(16)20/h3-11,14-15H,12-13H2,1-2H3,(H,25,27). The van der Waals surface area contributed by atoms with Crippen LogP contribution in [0.15, 0.2) is 66.0 Å². The monoisotopic (exact) mass is 418 g/mol. The zero-order chi connectivity index (χ0) is 20.9. The fraction of sp³-hybridized carbons (Fsp3) is 0.167. The number of thiazole rings is 1. The molecule has 0 aliphatic carbocycles. The molecular formula is C24H22N2O3S. The molecule has 0 saturated heterocycles. The number of hydrogen-bond donors (Lipinski definition) is 1. The Balaban J connectivity index is 1.41. The smallest absolute Gasteiger partial charge is 0.251 e. The maximum Gasteiger partial charge on any atom is 0.251 e. The molecule has 0 saturated carbocycles. The predicted molar refractivity (Wildman–Crippen MR) is 121 cm³/mol. The molecule has 0 fully saturated rings. The summed E-state index contributed by atoms with van der Waals surface area (Å²) in [6.07, 6.45) is 0.667. The molecular weight excluding hydrogens is 396 g/mol. The van der Waals surface area contributed by atoms with E-state index in [-0.39, 0.29) is 5.91 Å². The average Bonchev–Trinajstić information content (AvgIpc) is 3.27. The second-order valence-electron chi connectivity index (χ2n) is 6.75. The van der Waals surface area contributed by atoms with Crippen LogP contribution in [0.3, 0.4) is 0 Å². The van der Waals surface area contributed by atoms with Crippen LogP contribution in [0.5, 0.6) is 11.5 Å². The number of methoxy groups -OCH3 is 2. The van der Waals surface area contributed by atoms with E-state index in [1.807, 2.05) is 66.0 Å². The summed E-state index contributed by atoms with van der Waals surface area (Å²) in [4.78, 5) is 17.4. The van der Waals surface area contributed by atoms with Crippen LogP contribution >= 0.6 is 11.3 Å². The number of amides is 1. The van der Waals surface area contributed by atoms with Crippen molar-refractivity contribution in [1.29, 1.82) is 0 Å². The Hall–Kier alpha value is -3.38. The van der Waals surface area contributed by atoms with Crippen LogP contribution < -0.4 is 14.8 Å². The number of nitrogens with zero attached hydrogens (tertiary/aromatic N) is 1. The second kappa shape index (κ2) is 8.97. The van der Waals surface area contributed by atoms with E-state index in [9.17, 15) is 4.79 Å². The summed E-state index contributed by atoms with van der Waals surface area (Å²) in [5.41, 5.74) is 2.61. The van der Waals surface area contributed by atoms with Gasteiger partial charge in [0, 0.05) is 29.5 Å². The molecule has 0 radical (unpaired) electrons. The number of rotatable bonds is 7. The highest BCUT2D eigenvalue weighted by Crippen LogP contribution is 2.33. The van der Waals surface area contributed by atoms with Gasteiger partial charge in [-0.25, -0.2) is 4.98 Å². The molecule has 0 bridgehead atoms. The molecule has 152 valence electrons. The largest absolute Gasteiger partial charge is 0.493 e. The molecule has 1 aromatic heterocycles. The molecule has 3 aromatic carbocycles. The van der Waals surface area contributed by atoms with Crippen molar-refractivity contribution in [2.24, 2.45) is 0 Å². The molecule has 4 aromatic rings. The van der Waals surface area contributed by atoms with Crippen molar-refractivity contribution in [2.45, 2.75) is 6.42 Å². The van der Waals surface area contributed by atoms with Crippen LogP contribution in [-0.4, -0.2) is 31.7 Å². The molecule has 0 spiro atoms. The Morgan fingerprint density at radius 3 is 2.63 bits per heavy atom. The van der Waals surface area contributed by atoms with Gasteiger partial charge in [-0.1, -0.05) is 36.4 Å². The Labute approximate surface area is 179 Å². The quantitative estimate of drug-likeness (QED) is 0.461. The zero-order valence-electron chi connectivity index (χ0n) is 16.8. The van der Waals surface area contributed by atoms with Crippen LogP contribution in [0.2, 0.25) is 0 Å². The van der Waals surface area contributed by atoms with Crippen LogP contribution in [0.4, 0.5) is 0 Å². The van der Waals surface area contributed by atoms with E-state index in [0.717, 1.165) is 27.0 Å². The molecule has 0 aliphatic rings. The number of benzene rings is 3. The van der Waals surface area contributed by atoms with Crippen molar-refractivity contribution in [2.75, 3.05) is 20.8 Å². The Bertz CT molecular complexity index is 1180. The van der Waals surface area contributed by atoms with E-state index in [1.54, 1.807) is 25.6 Å². The van der Waals surface area contributed by atoms with Crippen LogP contribution in [0.1, 0.15) is 16.1 Å². The van der Waals surface area contributed by atoms with E-state index in [0.29, 0.717) is 30.0 Å². The molecule has 1 heterocycles. The molecule has 1 N–H and O–H groups in total. The topological polar surface area (TPSA) is 60.5 Å². The lowest BCUT2D eigenvalue weighted by atomic mass is 10.0. The van der Waals surface area contributed by atoms with E-state index >= 15 is 0 Å². The van der Waals surface area contributed by atoms with E-state index < -0.39 is 0 Å². The van der Waals surface area contributed by atoms with Gasteiger partial charge in [-0.3, -0.25) is 4.79 Å². The van der Waals surface area contributed by atoms with Crippen molar-refractivity contribution >= 4 is 28.0 Å². The van der Waals surface area contributed by atoms with Gasteiger partial charge in [0.1, 0.15) is 5.01 Å². The van der Waals surface area contributed by atoms with Gasteiger partial charge in [0.25, 0.3) is 5.91 Å². The third kappa shape index (κ3) is 4.14.